The van der Waals surface area contributed by atoms with Crippen LogP contribution in [0.5, 0.6) is 11.5 Å². The van der Waals surface area contributed by atoms with E-state index >= 15 is 0 Å². The Hall–Kier alpha value is -2.23. The first-order valence-electron chi connectivity index (χ1n) is 7.62. The van der Waals surface area contributed by atoms with Crippen LogP contribution < -0.4 is 4.74 Å². The van der Waals surface area contributed by atoms with Gasteiger partial charge in [0.05, 0.1) is 19.3 Å². The van der Waals surface area contributed by atoms with Crippen LogP contribution in [0.4, 0.5) is 0 Å². The van der Waals surface area contributed by atoms with Gasteiger partial charge < -0.3 is 14.6 Å². The van der Waals surface area contributed by atoms with E-state index in [0.29, 0.717) is 17.9 Å². The Balaban J connectivity index is 2.68. The van der Waals surface area contributed by atoms with Crippen molar-refractivity contribution in [1.82, 2.24) is 0 Å². The van der Waals surface area contributed by atoms with Gasteiger partial charge in [-0.3, -0.25) is 0 Å². The van der Waals surface area contributed by atoms with Crippen LogP contribution >= 0.6 is 0 Å². The van der Waals surface area contributed by atoms with Crippen molar-refractivity contribution in [3.8, 4) is 11.5 Å². The average Bonchev–Trinajstić information content (AvgIpc) is 2.53. The first kappa shape index (κ1) is 16.1. The lowest BCUT2D eigenvalue weighted by molar-refractivity contribution is 0.0525. The Labute approximate surface area is 130 Å². The van der Waals surface area contributed by atoms with Crippen LogP contribution in [0, 0.1) is 0 Å². The third-order valence-corrected chi connectivity index (χ3v) is 3.71. The number of hydrogen-bond acceptors (Lipinski definition) is 4. The van der Waals surface area contributed by atoms with Crippen LogP contribution in [0.15, 0.2) is 24.3 Å². The summed E-state index contributed by atoms with van der Waals surface area (Å²) in [6.07, 6.45) is 2.74. The molecule has 118 valence electrons. The van der Waals surface area contributed by atoms with Crippen LogP contribution in [0.25, 0.3) is 10.8 Å². The molecule has 1 N–H and O–H groups in total. The van der Waals surface area contributed by atoms with Gasteiger partial charge in [-0.1, -0.05) is 13.3 Å². The number of fused-ring (bicyclic) bond motifs is 1. The van der Waals surface area contributed by atoms with E-state index in [1.807, 2.05) is 12.1 Å². The van der Waals surface area contributed by atoms with Crippen LogP contribution in [0.2, 0.25) is 0 Å². The minimum atomic E-state index is -0.395. The number of aryl methyl sites for hydroxylation is 1. The maximum absolute atomic E-state index is 12.2. The van der Waals surface area contributed by atoms with Gasteiger partial charge in [-0.2, -0.15) is 0 Å². The number of aromatic hydroxyl groups is 1. The Morgan fingerprint density at radius 2 is 1.95 bits per heavy atom. The second-order valence-electron chi connectivity index (χ2n) is 5.16. The Morgan fingerprint density at radius 1 is 1.18 bits per heavy atom. The predicted molar refractivity (Wildman–Crippen MR) is 86.7 cm³/mol. The quantitative estimate of drug-likeness (QED) is 0.817. The summed E-state index contributed by atoms with van der Waals surface area (Å²) in [5.74, 6) is 0.389. The number of unbranched alkanes of at least 4 members (excludes halogenated alkanes) is 1. The molecule has 4 nitrogen and oxygen atoms in total. The molecule has 0 saturated carbocycles. The van der Waals surface area contributed by atoms with Crippen molar-refractivity contribution in [2.75, 3.05) is 13.7 Å². The van der Waals surface area contributed by atoms with Crippen molar-refractivity contribution in [2.24, 2.45) is 0 Å². The molecule has 0 atom stereocenters. The summed E-state index contributed by atoms with van der Waals surface area (Å²) in [6, 6.07) is 6.99. The SMILES string of the molecule is CCCCc1c(C(=O)OCC)cc(O)c2ccc(OC)cc12. The molecule has 0 saturated heterocycles. The van der Waals surface area contributed by atoms with Crippen LogP contribution in [0.1, 0.15) is 42.6 Å². The molecule has 0 aromatic heterocycles. The highest BCUT2D eigenvalue weighted by Gasteiger charge is 2.18. The summed E-state index contributed by atoms with van der Waals surface area (Å²) in [6.45, 7) is 4.18. The van der Waals surface area contributed by atoms with Crippen molar-refractivity contribution in [2.45, 2.75) is 33.1 Å². The van der Waals surface area contributed by atoms with E-state index in [1.165, 1.54) is 6.07 Å². The molecule has 0 radical (unpaired) electrons. The number of methoxy groups -OCH3 is 1. The molecular formula is C18H22O4. The molecule has 4 heteroatoms. The highest BCUT2D eigenvalue weighted by atomic mass is 16.5. The van der Waals surface area contributed by atoms with Crippen molar-refractivity contribution in [3.05, 3.63) is 35.4 Å². The fraction of sp³-hybridized carbons (Fsp3) is 0.389. The van der Waals surface area contributed by atoms with E-state index in [9.17, 15) is 9.90 Å². The van der Waals surface area contributed by atoms with Gasteiger partial charge in [0.1, 0.15) is 11.5 Å². The van der Waals surface area contributed by atoms with E-state index < -0.39 is 5.97 Å². The van der Waals surface area contributed by atoms with Crippen LogP contribution in [-0.4, -0.2) is 24.8 Å². The lowest BCUT2D eigenvalue weighted by Crippen LogP contribution is -2.09. The standard InChI is InChI=1S/C18H22O4/c1-4-6-7-13-15-10-12(21-3)8-9-14(15)17(19)11-16(13)18(20)22-5-2/h8-11,19H,4-7H2,1-3H3. The smallest absolute Gasteiger partial charge is 0.338 e. The second kappa shape index (κ2) is 7.16. The van der Waals surface area contributed by atoms with Gasteiger partial charge in [-0.25, -0.2) is 4.79 Å². The summed E-state index contributed by atoms with van der Waals surface area (Å²) in [5.41, 5.74) is 1.35. The Morgan fingerprint density at radius 3 is 2.59 bits per heavy atom. The van der Waals surface area contributed by atoms with E-state index in [0.717, 1.165) is 35.6 Å². The third kappa shape index (κ3) is 3.16. The molecule has 2 aromatic rings. The van der Waals surface area contributed by atoms with Gasteiger partial charge in [0.2, 0.25) is 0 Å². The number of carbonyl (C=O) groups is 1. The Kier molecular flexibility index (Phi) is 5.26. The molecule has 0 aliphatic rings. The zero-order chi connectivity index (χ0) is 16.1. The van der Waals surface area contributed by atoms with Gasteiger partial charge in [0.25, 0.3) is 0 Å². The highest BCUT2D eigenvalue weighted by molar-refractivity contribution is 6.02. The van der Waals surface area contributed by atoms with Gasteiger partial charge >= 0.3 is 5.97 Å². The topological polar surface area (TPSA) is 55.8 Å². The number of hydrogen-bond donors (Lipinski definition) is 1. The summed E-state index contributed by atoms with van der Waals surface area (Å²) in [5, 5.41) is 11.8. The molecular weight excluding hydrogens is 280 g/mol. The second-order valence-corrected chi connectivity index (χ2v) is 5.16. The number of phenolic OH excluding ortho intramolecular Hbond substituents is 1. The fourth-order valence-electron chi connectivity index (χ4n) is 2.58. The largest absolute Gasteiger partial charge is 0.507 e. The van der Waals surface area contributed by atoms with Crippen LogP contribution in [-0.2, 0) is 11.2 Å². The summed E-state index contributed by atoms with van der Waals surface area (Å²) in [7, 11) is 1.60. The highest BCUT2D eigenvalue weighted by Crippen LogP contribution is 2.34. The minimum absolute atomic E-state index is 0.0842. The van der Waals surface area contributed by atoms with Crippen molar-refractivity contribution in [1.29, 1.82) is 0 Å². The lowest BCUT2D eigenvalue weighted by Gasteiger charge is -2.14. The van der Waals surface area contributed by atoms with Crippen molar-refractivity contribution >= 4 is 16.7 Å². The van der Waals surface area contributed by atoms with Gasteiger partial charge in [-0.05, 0) is 55.0 Å². The zero-order valence-corrected chi connectivity index (χ0v) is 13.3. The first-order valence-corrected chi connectivity index (χ1v) is 7.62. The summed E-state index contributed by atoms with van der Waals surface area (Å²) < 4.78 is 10.4. The minimum Gasteiger partial charge on any atom is -0.507 e. The molecule has 0 fully saturated rings. The molecule has 0 unspecified atom stereocenters. The van der Waals surface area contributed by atoms with Crippen molar-refractivity contribution in [3.63, 3.8) is 0 Å². The monoisotopic (exact) mass is 302 g/mol. The molecule has 0 bridgehead atoms. The molecule has 0 amide bonds. The number of esters is 1. The number of rotatable bonds is 6. The number of phenols is 1. The normalized spacial score (nSPS) is 10.7. The van der Waals surface area contributed by atoms with E-state index in [2.05, 4.69) is 6.92 Å². The lowest BCUT2D eigenvalue weighted by atomic mass is 9.94. The predicted octanol–water partition coefficient (Wildman–Crippen LogP) is 4.07. The summed E-state index contributed by atoms with van der Waals surface area (Å²) in [4.78, 5) is 12.2. The number of benzene rings is 2. The zero-order valence-electron chi connectivity index (χ0n) is 13.3. The van der Waals surface area contributed by atoms with E-state index in [-0.39, 0.29) is 5.75 Å². The molecule has 0 aliphatic carbocycles. The average molecular weight is 302 g/mol. The summed E-state index contributed by atoms with van der Waals surface area (Å²) >= 11 is 0. The first-order chi connectivity index (χ1) is 10.6. The van der Waals surface area contributed by atoms with E-state index in [1.54, 1.807) is 20.1 Å². The van der Waals surface area contributed by atoms with Crippen LogP contribution in [0.3, 0.4) is 0 Å². The molecule has 0 aliphatic heterocycles. The fourth-order valence-corrected chi connectivity index (χ4v) is 2.58. The molecule has 0 heterocycles. The third-order valence-electron chi connectivity index (χ3n) is 3.71. The van der Waals surface area contributed by atoms with Crippen molar-refractivity contribution < 1.29 is 19.4 Å². The Bertz CT molecular complexity index is 676. The maximum Gasteiger partial charge on any atom is 0.338 e. The van der Waals surface area contributed by atoms with Gasteiger partial charge in [0, 0.05) is 5.39 Å². The van der Waals surface area contributed by atoms with Gasteiger partial charge in [-0.15, -0.1) is 0 Å². The number of carbonyl (C=O) groups excluding carboxylic acids is 1. The molecule has 2 aromatic carbocycles. The maximum atomic E-state index is 12.2. The molecule has 22 heavy (non-hydrogen) atoms. The molecule has 2 rings (SSSR count). The molecule has 0 spiro atoms. The van der Waals surface area contributed by atoms with Gasteiger partial charge in [0.15, 0.2) is 0 Å². The van der Waals surface area contributed by atoms with E-state index in [4.69, 9.17) is 9.47 Å². The number of ether oxygens (including phenoxy) is 2.